The predicted molar refractivity (Wildman–Crippen MR) is 127 cm³/mol. The fraction of sp³-hybridized carbons (Fsp3) is 0.348. The van der Waals surface area contributed by atoms with Gasteiger partial charge in [-0.05, 0) is 30.2 Å². The number of nitrogens with two attached hydrogens (primary N) is 1. The first-order valence-electron chi connectivity index (χ1n) is 11.1. The molecule has 198 valence electrons. The third-order valence-corrected chi connectivity index (χ3v) is 6.53. The number of hydrogen-bond donors (Lipinski definition) is 3. The van der Waals surface area contributed by atoms with Gasteiger partial charge in [-0.25, -0.2) is 23.9 Å². The van der Waals surface area contributed by atoms with E-state index in [1.54, 1.807) is 35.2 Å². The second-order valence-corrected chi connectivity index (χ2v) is 9.84. The number of rotatable bonds is 10. The van der Waals surface area contributed by atoms with Crippen LogP contribution < -0.4 is 15.2 Å². The molecule has 0 radical (unpaired) electrons. The molecule has 4 atom stereocenters. The predicted octanol–water partition coefficient (Wildman–Crippen LogP) is 1.42. The van der Waals surface area contributed by atoms with Crippen molar-refractivity contribution >= 4 is 21.9 Å². The van der Waals surface area contributed by atoms with Crippen LogP contribution in [-0.4, -0.2) is 65.9 Å². The number of halogens is 2. The smallest absolute Gasteiger partial charge is 0.333 e. The lowest BCUT2D eigenvalue weighted by Crippen LogP contribution is -2.33. The highest BCUT2D eigenvalue weighted by Crippen LogP contribution is 2.32. The van der Waals surface area contributed by atoms with Gasteiger partial charge in [-0.1, -0.05) is 6.07 Å². The number of methoxy groups -OCH3 is 1. The van der Waals surface area contributed by atoms with Crippen LogP contribution in [0.5, 0.6) is 5.75 Å². The summed E-state index contributed by atoms with van der Waals surface area (Å²) >= 11 is 0. The van der Waals surface area contributed by atoms with Gasteiger partial charge < -0.3 is 19.7 Å². The summed E-state index contributed by atoms with van der Waals surface area (Å²) in [6.45, 7) is -0.132. The Labute approximate surface area is 211 Å². The number of ketones is 1. The Hall–Kier alpha value is -3.46. The molecule has 37 heavy (non-hydrogen) atoms. The summed E-state index contributed by atoms with van der Waals surface area (Å²) in [6.07, 6.45) is 2.49. The van der Waals surface area contributed by atoms with Gasteiger partial charge >= 0.3 is 10.3 Å². The Morgan fingerprint density at radius 2 is 2.14 bits per heavy atom. The van der Waals surface area contributed by atoms with Gasteiger partial charge in [0, 0.05) is 36.6 Å². The van der Waals surface area contributed by atoms with E-state index in [0.29, 0.717) is 12.1 Å². The molecular formula is C23H25F2N5O6S. The van der Waals surface area contributed by atoms with Gasteiger partial charge in [0.2, 0.25) is 0 Å². The Morgan fingerprint density at radius 3 is 2.86 bits per heavy atom. The molecule has 0 amide bonds. The van der Waals surface area contributed by atoms with Crippen LogP contribution in [-0.2, 0) is 21.0 Å². The molecule has 1 fully saturated rings. The summed E-state index contributed by atoms with van der Waals surface area (Å²) in [5.41, 5.74) is 1.15. The molecule has 2 aromatic heterocycles. The SMILES string of the molecule is COc1cc(Cn2ccc(C(=O)c3cncnc3NC3C[C@H](COS(N)(=O)=O)[C@@H](O)[C@@H]3F)c2)ccc1F. The summed E-state index contributed by atoms with van der Waals surface area (Å²) < 4.78 is 61.8. The number of anilines is 1. The molecule has 0 saturated heterocycles. The maximum absolute atomic E-state index is 14.8. The maximum Gasteiger partial charge on any atom is 0.333 e. The molecule has 14 heteroatoms. The number of benzene rings is 1. The molecular weight excluding hydrogens is 512 g/mol. The van der Waals surface area contributed by atoms with E-state index in [1.165, 1.54) is 25.7 Å². The largest absolute Gasteiger partial charge is 0.494 e. The van der Waals surface area contributed by atoms with Crippen molar-refractivity contribution in [2.75, 3.05) is 19.0 Å². The molecule has 1 unspecified atom stereocenters. The fourth-order valence-corrected chi connectivity index (χ4v) is 4.57. The minimum Gasteiger partial charge on any atom is -0.494 e. The normalized spacial score (nSPS) is 21.6. The van der Waals surface area contributed by atoms with Gasteiger partial charge in [0.1, 0.15) is 18.3 Å². The zero-order chi connectivity index (χ0) is 26.7. The fourth-order valence-electron chi connectivity index (χ4n) is 4.21. The van der Waals surface area contributed by atoms with Crippen molar-refractivity contribution in [3.63, 3.8) is 0 Å². The number of nitrogens with zero attached hydrogens (tertiary/aromatic N) is 3. The van der Waals surface area contributed by atoms with E-state index in [9.17, 15) is 27.1 Å². The van der Waals surface area contributed by atoms with Crippen molar-refractivity contribution in [3.05, 3.63) is 71.7 Å². The molecule has 1 aliphatic rings. The van der Waals surface area contributed by atoms with E-state index < -0.39 is 52.7 Å². The molecule has 2 heterocycles. The molecule has 0 bridgehead atoms. The van der Waals surface area contributed by atoms with Crippen LogP contribution in [0.25, 0.3) is 0 Å². The summed E-state index contributed by atoms with van der Waals surface area (Å²) in [6, 6.07) is 5.10. The van der Waals surface area contributed by atoms with Crippen LogP contribution in [0.3, 0.4) is 0 Å². The number of nitrogens with one attached hydrogen (secondary N) is 1. The van der Waals surface area contributed by atoms with E-state index in [-0.39, 0.29) is 23.6 Å². The lowest BCUT2D eigenvalue weighted by atomic mass is 10.1. The lowest BCUT2D eigenvalue weighted by molar-refractivity contribution is 0.0501. The number of carbonyl (C=O) groups is 1. The third-order valence-electron chi connectivity index (χ3n) is 6.07. The summed E-state index contributed by atoms with van der Waals surface area (Å²) in [5.74, 6) is -1.58. The molecule has 4 N–H and O–H groups in total. The van der Waals surface area contributed by atoms with Crippen LogP contribution in [0.2, 0.25) is 0 Å². The van der Waals surface area contributed by atoms with Crippen molar-refractivity contribution in [1.29, 1.82) is 0 Å². The second kappa shape index (κ2) is 10.9. The average molecular weight is 538 g/mol. The van der Waals surface area contributed by atoms with Gasteiger partial charge in [0.05, 0.1) is 31.4 Å². The minimum atomic E-state index is -4.25. The summed E-state index contributed by atoms with van der Waals surface area (Å²) in [4.78, 5) is 21.2. The second-order valence-electron chi connectivity index (χ2n) is 8.61. The first-order valence-corrected chi connectivity index (χ1v) is 12.6. The van der Waals surface area contributed by atoms with Gasteiger partial charge in [-0.15, -0.1) is 0 Å². The molecule has 0 spiro atoms. The highest BCUT2D eigenvalue weighted by Gasteiger charge is 2.44. The Kier molecular flexibility index (Phi) is 7.82. The van der Waals surface area contributed by atoms with Crippen molar-refractivity contribution in [2.24, 2.45) is 11.1 Å². The number of ether oxygens (including phenoxy) is 1. The third kappa shape index (κ3) is 6.28. The van der Waals surface area contributed by atoms with E-state index in [2.05, 4.69) is 19.5 Å². The monoisotopic (exact) mass is 537 g/mol. The van der Waals surface area contributed by atoms with E-state index >= 15 is 0 Å². The summed E-state index contributed by atoms with van der Waals surface area (Å²) in [7, 11) is -2.87. The first kappa shape index (κ1) is 26.6. The number of carbonyl (C=O) groups excluding carboxylic acids is 1. The summed E-state index contributed by atoms with van der Waals surface area (Å²) in [5, 5.41) is 17.8. The highest BCUT2D eigenvalue weighted by molar-refractivity contribution is 7.84. The molecule has 11 nitrogen and oxygen atoms in total. The minimum absolute atomic E-state index is 0.00694. The van der Waals surface area contributed by atoms with Gasteiger partial charge in [0.25, 0.3) is 0 Å². The maximum atomic E-state index is 14.8. The highest BCUT2D eigenvalue weighted by atomic mass is 32.2. The molecule has 1 aromatic carbocycles. The number of hydrogen-bond acceptors (Lipinski definition) is 9. The standard InChI is InChI=1S/C23H25F2N5O6S/c1-35-19-6-13(2-3-17(19)24)9-30-5-4-14(10-30)21(31)16-8-27-12-28-23(16)29-18-7-15(22(32)20(18)25)11-36-37(26,33)34/h2-6,8,10,12,15,18,20,22,32H,7,9,11H2,1H3,(H2,26,33,34)(H,27,28,29)/t15-,18?,20-,22-/m1/s1. The van der Waals surface area contributed by atoms with Gasteiger partial charge in [0.15, 0.2) is 17.3 Å². The Morgan fingerprint density at radius 1 is 1.35 bits per heavy atom. The Balaban J connectivity index is 1.47. The van der Waals surface area contributed by atoms with Gasteiger partial charge in [-0.3, -0.25) is 8.98 Å². The topological polar surface area (TPSA) is 159 Å². The molecule has 1 saturated carbocycles. The molecule has 3 aromatic rings. The van der Waals surface area contributed by atoms with Crippen LogP contribution in [0.4, 0.5) is 14.6 Å². The van der Waals surface area contributed by atoms with Gasteiger partial charge in [-0.2, -0.15) is 8.42 Å². The van der Waals surface area contributed by atoms with Crippen LogP contribution in [0.15, 0.2) is 49.2 Å². The number of aliphatic hydroxyl groups excluding tert-OH is 1. The number of aromatic nitrogens is 3. The lowest BCUT2D eigenvalue weighted by Gasteiger charge is -2.18. The zero-order valence-electron chi connectivity index (χ0n) is 19.6. The van der Waals surface area contributed by atoms with E-state index in [1.807, 2.05) is 0 Å². The van der Waals surface area contributed by atoms with Crippen molar-refractivity contribution < 1.29 is 36.0 Å². The van der Waals surface area contributed by atoms with E-state index in [4.69, 9.17) is 9.88 Å². The van der Waals surface area contributed by atoms with Crippen molar-refractivity contribution in [3.8, 4) is 5.75 Å². The quantitative estimate of drug-likeness (QED) is 0.325. The van der Waals surface area contributed by atoms with Crippen molar-refractivity contribution in [1.82, 2.24) is 14.5 Å². The Bertz CT molecular complexity index is 1390. The van der Waals surface area contributed by atoms with E-state index in [0.717, 1.165) is 5.56 Å². The first-order chi connectivity index (χ1) is 17.6. The van der Waals surface area contributed by atoms with Crippen LogP contribution in [0.1, 0.15) is 27.9 Å². The molecule has 0 aliphatic heterocycles. The van der Waals surface area contributed by atoms with Crippen molar-refractivity contribution in [2.45, 2.75) is 31.3 Å². The number of aliphatic hydroxyl groups is 1. The average Bonchev–Trinajstić information content (AvgIpc) is 3.43. The number of alkyl halides is 1. The molecule has 4 rings (SSSR count). The van der Waals surface area contributed by atoms with Crippen LogP contribution in [0, 0.1) is 11.7 Å². The van der Waals surface area contributed by atoms with Crippen LogP contribution >= 0.6 is 0 Å². The zero-order valence-corrected chi connectivity index (χ0v) is 20.4. The molecule has 1 aliphatic carbocycles.